The number of carbonyl (C=O) groups excluding carboxylic acids is 1. The summed E-state index contributed by atoms with van der Waals surface area (Å²) in [5.41, 5.74) is 2.97. The molecule has 1 amide bonds. The van der Waals surface area contributed by atoms with Crippen LogP contribution in [0.25, 0.3) is 0 Å². The van der Waals surface area contributed by atoms with Gasteiger partial charge in [-0.3, -0.25) is 4.98 Å². The lowest BCUT2D eigenvalue weighted by Gasteiger charge is -1.94. The van der Waals surface area contributed by atoms with E-state index in [0.717, 1.165) is 5.56 Å². The highest BCUT2D eigenvalue weighted by Gasteiger charge is 1.92. The molecule has 0 aliphatic heterocycles. The van der Waals surface area contributed by atoms with E-state index in [1.807, 2.05) is 6.07 Å². The Labute approximate surface area is 75.4 Å². The smallest absolute Gasteiger partial charge is 0.427 e. The molecule has 1 aromatic heterocycles. The van der Waals surface area contributed by atoms with Crippen molar-refractivity contribution in [2.75, 3.05) is 7.11 Å². The number of rotatable bonds is 2. The quantitative estimate of drug-likeness (QED) is 0.538. The molecule has 0 aliphatic rings. The first-order valence-electron chi connectivity index (χ1n) is 3.60. The third-order valence-electron chi connectivity index (χ3n) is 1.24. The molecule has 5 nitrogen and oxygen atoms in total. The second-order valence-corrected chi connectivity index (χ2v) is 2.15. The zero-order valence-corrected chi connectivity index (χ0v) is 7.10. The van der Waals surface area contributed by atoms with E-state index in [1.54, 1.807) is 18.5 Å². The minimum absolute atomic E-state index is 0.597. The largest absolute Gasteiger partial charge is 0.452 e. The van der Waals surface area contributed by atoms with Crippen LogP contribution >= 0.6 is 0 Å². The lowest BCUT2D eigenvalue weighted by molar-refractivity contribution is 0.171. The summed E-state index contributed by atoms with van der Waals surface area (Å²) in [4.78, 5) is 14.4. The second kappa shape index (κ2) is 4.87. The normalized spacial score (nSPS) is 9.92. The van der Waals surface area contributed by atoms with Crippen LogP contribution in [-0.2, 0) is 4.74 Å². The fraction of sp³-hybridized carbons (Fsp3) is 0.125. The van der Waals surface area contributed by atoms with Gasteiger partial charge in [-0.25, -0.2) is 10.2 Å². The Morgan fingerprint density at radius 1 is 1.77 bits per heavy atom. The van der Waals surface area contributed by atoms with Crippen molar-refractivity contribution >= 4 is 12.3 Å². The van der Waals surface area contributed by atoms with Gasteiger partial charge in [0, 0.05) is 18.0 Å². The van der Waals surface area contributed by atoms with Crippen LogP contribution < -0.4 is 5.43 Å². The molecule has 0 saturated carbocycles. The lowest BCUT2D eigenvalue weighted by Crippen LogP contribution is -2.16. The van der Waals surface area contributed by atoms with Gasteiger partial charge in [-0.05, 0) is 6.07 Å². The maximum absolute atomic E-state index is 10.5. The van der Waals surface area contributed by atoms with E-state index < -0.39 is 6.09 Å². The molecule has 13 heavy (non-hydrogen) atoms. The van der Waals surface area contributed by atoms with Crippen LogP contribution in [0.2, 0.25) is 0 Å². The van der Waals surface area contributed by atoms with Gasteiger partial charge in [-0.2, -0.15) is 5.10 Å². The predicted molar refractivity (Wildman–Crippen MR) is 47.4 cm³/mol. The van der Waals surface area contributed by atoms with Gasteiger partial charge in [0.15, 0.2) is 0 Å². The Morgan fingerprint density at radius 3 is 3.23 bits per heavy atom. The number of ether oxygens (including phenoxy) is 1. The van der Waals surface area contributed by atoms with E-state index in [1.165, 1.54) is 13.3 Å². The minimum Gasteiger partial charge on any atom is -0.452 e. The number of pyridine rings is 1. The first-order chi connectivity index (χ1) is 6.33. The van der Waals surface area contributed by atoms with E-state index in [-0.39, 0.29) is 0 Å². The van der Waals surface area contributed by atoms with Crippen molar-refractivity contribution in [1.29, 1.82) is 0 Å². The van der Waals surface area contributed by atoms with Gasteiger partial charge in [-0.1, -0.05) is 6.07 Å². The number of nitrogens with one attached hydrogen (secondary N) is 1. The molecule has 0 saturated heterocycles. The molecule has 1 aromatic rings. The van der Waals surface area contributed by atoms with Crippen LogP contribution in [0.4, 0.5) is 4.79 Å². The summed E-state index contributed by atoms with van der Waals surface area (Å²) in [5, 5.41) is 3.62. The van der Waals surface area contributed by atoms with Crippen LogP contribution in [0, 0.1) is 0 Å². The van der Waals surface area contributed by atoms with Crippen molar-refractivity contribution in [3.8, 4) is 0 Å². The molecule has 1 N–H and O–H groups in total. The van der Waals surface area contributed by atoms with Gasteiger partial charge in [0.1, 0.15) is 0 Å². The van der Waals surface area contributed by atoms with Crippen molar-refractivity contribution in [3.05, 3.63) is 30.1 Å². The van der Waals surface area contributed by atoms with Gasteiger partial charge in [0.05, 0.1) is 13.3 Å². The summed E-state index contributed by atoms with van der Waals surface area (Å²) in [6.45, 7) is 0. The number of hydrazone groups is 1. The molecular weight excluding hydrogens is 170 g/mol. The molecule has 0 aromatic carbocycles. The van der Waals surface area contributed by atoms with Crippen LogP contribution in [0.1, 0.15) is 5.56 Å². The Hall–Kier alpha value is -1.91. The number of nitrogens with zero attached hydrogens (tertiary/aromatic N) is 2. The molecule has 1 rings (SSSR count). The average molecular weight is 179 g/mol. The predicted octanol–water partition coefficient (Wildman–Crippen LogP) is 0.772. The second-order valence-electron chi connectivity index (χ2n) is 2.15. The lowest BCUT2D eigenvalue weighted by atomic mass is 10.3. The zero-order valence-electron chi connectivity index (χ0n) is 7.10. The van der Waals surface area contributed by atoms with Crippen molar-refractivity contribution < 1.29 is 9.53 Å². The molecule has 0 aliphatic carbocycles. The highest BCUT2D eigenvalue weighted by atomic mass is 16.5. The molecular formula is C8H9N3O2. The zero-order chi connectivity index (χ0) is 9.52. The Morgan fingerprint density at radius 2 is 2.62 bits per heavy atom. The number of aromatic nitrogens is 1. The van der Waals surface area contributed by atoms with Crippen LogP contribution in [0.5, 0.6) is 0 Å². The van der Waals surface area contributed by atoms with E-state index in [4.69, 9.17) is 0 Å². The molecule has 68 valence electrons. The molecule has 5 heteroatoms. The topological polar surface area (TPSA) is 63.6 Å². The first-order valence-corrected chi connectivity index (χ1v) is 3.60. The highest BCUT2D eigenvalue weighted by molar-refractivity contribution is 5.80. The standard InChI is InChI=1S/C8H9N3O2/c1-13-8(12)11-10-6-7-3-2-4-9-5-7/h2-6H,1H3,(H,11,12)/b10-6-. The molecule has 0 atom stereocenters. The maximum atomic E-state index is 10.5. The van der Waals surface area contributed by atoms with E-state index >= 15 is 0 Å². The Kier molecular flexibility index (Phi) is 3.44. The van der Waals surface area contributed by atoms with Crippen LogP contribution in [0.15, 0.2) is 29.6 Å². The van der Waals surface area contributed by atoms with E-state index in [9.17, 15) is 4.79 Å². The maximum Gasteiger partial charge on any atom is 0.427 e. The summed E-state index contributed by atoms with van der Waals surface area (Å²) >= 11 is 0. The summed E-state index contributed by atoms with van der Waals surface area (Å²) in [5.74, 6) is 0. The molecule has 1 heterocycles. The van der Waals surface area contributed by atoms with Crippen LogP contribution in [0.3, 0.4) is 0 Å². The van der Waals surface area contributed by atoms with Gasteiger partial charge >= 0.3 is 6.09 Å². The molecule has 0 spiro atoms. The number of carbonyl (C=O) groups is 1. The van der Waals surface area contributed by atoms with Crippen molar-refractivity contribution in [3.63, 3.8) is 0 Å². The highest BCUT2D eigenvalue weighted by Crippen LogP contribution is 1.89. The SMILES string of the molecule is COC(=O)N/N=C\c1cccnc1. The number of hydrogen-bond acceptors (Lipinski definition) is 4. The Balaban J connectivity index is 2.45. The Bertz CT molecular complexity index is 298. The van der Waals surface area contributed by atoms with E-state index in [2.05, 4.69) is 20.2 Å². The van der Waals surface area contributed by atoms with Gasteiger partial charge in [0.25, 0.3) is 0 Å². The number of hydrogen-bond donors (Lipinski definition) is 1. The molecule has 0 unspecified atom stereocenters. The van der Waals surface area contributed by atoms with Crippen LogP contribution in [-0.4, -0.2) is 24.4 Å². The molecule has 0 fully saturated rings. The fourth-order valence-electron chi connectivity index (χ4n) is 0.657. The summed E-state index contributed by atoms with van der Waals surface area (Å²) in [6.07, 6.45) is 4.16. The fourth-order valence-corrected chi connectivity index (χ4v) is 0.657. The average Bonchev–Trinajstić information content (AvgIpc) is 2.19. The summed E-state index contributed by atoms with van der Waals surface area (Å²) in [6, 6.07) is 3.59. The third kappa shape index (κ3) is 3.33. The minimum atomic E-state index is -0.597. The summed E-state index contributed by atoms with van der Waals surface area (Å²) < 4.78 is 4.31. The van der Waals surface area contributed by atoms with Gasteiger partial charge in [0.2, 0.25) is 0 Å². The van der Waals surface area contributed by atoms with Crippen molar-refractivity contribution in [2.45, 2.75) is 0 Å². The monoisotopic (exact) mass is 179 g/mol. The third-order valence-corrected chi connectivity index (χ3v) is 1.24. The van der Waals surface area contributed by atoms with E-state index in [0.29, 0.717) is 0 Å². The molecule has 0 radical (unpaired) electrons. The van der Waals surface area contributed by atoms with Gasteiger partial charge in [-0.15, -0.1) is 0 Å². The van der Waals surface area contributed by atoms with Crippen molar-refractivity contribution in [2.24, 2.45) is 5.10 Å². The van der Waals surface area contributed by atoms with Gasteiger partial charge < -0.3 is 4.74 Å². The number of methoxy groups -OCH3 is 1. The molecule has 0 bridgehead atoms. The number of amides is 1. The van der Waals surface area contributed by atoms with Crippen molar-refractivity contribution in [1.82, 2.24) is 10.4 Å². The summed E-state index contributed by atoms with van der Waals surface area (Å²) in [7, 11) is 1.27. The first kappa shape index (κ1) is 9.18.